The van der Waals surface area contributed by atoms with Crippen molar-refractivity contribution < 1.29 is 18.0 Å². The van der Waals surface area contributed by atoms with Gasteiger partial charge in [0.05, 0.1) is 28.9 Å². The Morgan fingerprint density at radius 3 is 2.71 bits per heavy atom. The number of allylic oxidation sites excluding steroid dienone is 1. The first-order valence-electron chi connectivity index (χ1n) is 9.35. The van der Waals surface area contributed by atoms with Crippen LogP contribution in [-0.2, 0) is 0 Å². The Kier molecular flexibility index (Phi) is 7.04. The number of rotatable bonds is 6. The van der Waals surface area contributed by atoms with Crippen molar-refractivity contribution in [2.24, 2.45) is 0 Å². The van der Waals surface area contributed by atoms with Crippen LogP contribution in [0.1, 0.15) is 26.7 Å². The lowest BCUT2D eigenvalue weighted by molar-refractivity contribution is -0.122. The lowest BCUT2D eigenvalue weighted by atomic mass is 10.1. The van der Waals surface area contributed by atoms with Crippen molar-refractivity contribution in [3.05, 3.63) is 45.9 Å². The second-order valence-corrected chi connectivity index (χ2v) is 7.71. The molecule has 0 aliphatic carbocycles. The molecule has 3 rings (SSSR count). The number of halogens is 3. The summed E-state index contributed by atoms with van der Waals surface area (Å²) in [7, 11) is 0. The Morgan fingerprint density at radius 2 is 2.13 bits per heavy atom. The Labute approximate surface area is 180 Å². The van der Waals surface area contributed by atoms with Crippen molar-refractivity contribution in [1.82, 2.24) is 20.5 Å². The summed E-state index contributed by atoms with van der Waals surface area (Å²) in [6.45, 7) is 0.531. The number of thiazole rings is 1. The molecule has 31 heavy (non-hydrogen) atoms. The summed E-state index contributed by atoms with van der Waals surface area (Å²) < 4.78 is 37.5. The minimum Gasteiger partial charge on any atom is -0.382 e. The van der Waals surface area contributed by atoms with Crippen molar-refractivity contribution in [2.45, 2.75) is 12.6 Å². The predicted octanol–water partition coefficient (Wildman–Crippen LogP) is 3.22. The molecule has 7 nitrogen and oxygen atoms in total. The van der Waals surface area contributed by atoms with Crippen LogP contribution in [0.25, 0.3) is 16.8 Å². The lowest BCUT2D eigenvalue weighted by Crippen LogP contribution is -2.44. The van der Waals surface area contributed by atoms with Crippen molar-refractivity contribution in [1.29, 1.82) is 10.7 Å². The number of carbonyl (C=O) groups is 1. The van der Waals surface area contributed by atoms with Crippen LogP contribution in [0.15, 0.2) is 30.5 Å². The van der Waals surface area contributed by atoms with E-state index in [1.807, 2.05) is 6.07 Å². The molecule has 0 saturated carbocycles. The van der Waals surface area contributed by atoms with Gasteiger partial charge in [-0.1, -0.05) is 12.1 Å². The normalized spacial score (nSPS) is 14.8. The van der Waals surface area contributed by atoms with Gasteiger partial charge in [0.15, 0.2) is 5.01 Å². The van der Waals surface area contributed by atoms with E-state index in [1.165, 1.54) is 0 Å². The number of nitrogens with one attached hydrogen (secondary N) is 3. The predicted molar refractivity (Wildman–Crippen MR) is 112 cm³/mol. The van der Waals surface area contributed by atoms with E-state index in [-0.39, 0.29) is 16.5 Å². The van der Waals surface area contributed by atoms with Crippen molar-refractivity contribution >= 4 is 29.0 Å². The number of hydrogen-bond acceptors (Lipinski definition) is 7. The summed E-state index contributed by atoms with van der Waals surface area (Å²) in [4.78, 5) is 19.4. The van der Waals surface area contributed by atoms with E-state index < -0.39 is 12.7 Å². The highest BCUT2D eigenvalue weighted by Crippen LogP contribution is 2.34. The largest absolute Gasteiger partial charge is 0.405 e. The van der Waals surface area contributed by atoms with Gasteiger partial charge in [0, 0.05) is 30.1 Å². The standard InChI is InChI=1S/C20H19F3N6OS/c21-20(22,23)11-27-10-15(9-25)17-16(14-4-2-13(8-24)3-5-14)28-18(31-17)19(30)29-7-1-6-26-12-29/h2-5,9-10,25-27H,1,6-7,11-12H2/b15-10+,25-9?. The van der Waals surface area contributed by atoms with Crippen LogP contribution >= 0.6 is 11.3 Å². The summed E-state index contributed by atoms with van der Waals surface area (Å²) >= 11 is 1.02. The van der Waals surface area contributed by atoms with E-state index in [1.54, 1.807) is 29.2 Å². The van der Waals surface area contributed by atoms with E-state index >= 15 is 0 Å². The lowest BCUT2D eigenvalue weighted by Gasteiger charge is -2.26. The van der Waals surface area contributed by atoms with Gasteiger partial charge in [0.2, 0.25) is 0 Å². The maximum absolute atomic E-state index is 12.9. The first-order chi connectivity index (χ1) is 14.8. The molecule has 1 aromatic heterocycles. The fourth-order valence-corrected chi connectivity index (χ4v) is 3.99. The molecular formula is C20H19F3N6OS. The van der Waals surface area contributed by atoms with Gasteiger partial charge in [0.1, 0.15) is 6.54 Å². The van der Waals surface area contributed by atoms with Crippen LogP contribution in [0.5, 0.6) is 0 Å². The Bertz CT molecular complexity index is 1020. The molecule has 1 fully saturated rings. The molecule has 2 heterocycles. The Hall–Kier alpha value is -3.23. The number of alkyl halides is 3. The van der Waals surface area contributed by atoms with E-state index in [2.05, 4.69) is 15.6 Å². The molecule has 1 amide bonds. The maximum atomic E-state index is 12.9. The number of nitriles is 1. The quantitative estimate of drug-likeness (QED) is 0.589. The van der Waals surface area contributed by atoms with Gasteiger partial charge < -0.3 is 15.6 Å². The molecule has 0 unspecified atom stereocenters. The fraction of sp³-hybridized carbons (Fsp3) is 0.300. The van der Waals surface area contributed by atoms with E-state index in [0.717, 1.165) is 36.7 Å². The van der Waals surface area contributed by atoms with Crippen LogP contribution in [0.4, 0.5) is 13.2 Å². The van der Waals surface area contributed by atoms with E-state index in [9.17, 15) is 18.0 Å². The van der Waals surface area contributed by atoms with Crippen LogP contribution in [0.2, 0.25) is 0 Å². The minimum atomic E-state index is -4.41. The molecule has 0 bridgehead atoms. The highest BCUT2D eigenvalue weighted by molar-refractivity contribution is 7.15. The van der Waals surface area contributed by atoms with E-state index in [4.69, 9.17) is 10.7 Å². The monoisotopic (exact) mass is 448 g/mol. The third-order valence-corrected chi connectivity index (χ3v) is 5.54. The van der Waals surface area contributed by atoms with E-state index in [0.29, 0.717) is 34.9 Å². The maximum Gasteiger partial charge on any atom is 0.405 e. The zero-order chi connectivity index (χ0) is 22.4. The smallest absolute Gasteiger partial charge is 0.382 e. The van der Waals surface area contributed by atoms with Gasteiger partial charge in [-0.2, -0.15) is 18.4 Å². The molecule has 1 aromatic carbocycles. The number of carbonyl (C=O) groups excluding carboxylic acids is 1. The van der Waals surface area contributed by atoms with Gasteiger partial charge in [-0.25, -0.2) is 4.98 Å². The van der Waals surface area contributed by atoms with Crippen LogP contribution in [0, 0.1) is 16.7 Å². The second kappa shape index (κ2) is 9.72. The Morgan fingerprint density at radius 1 is 1.39 bits per heavy atom. The Balaban J connectivity index is 2.00. The second-order valence-electron chi connectivity index (χ2n) is 6.71. The molecule has 1 aliphatic heterocycles. The average molecular weight is 448 g/mol. The van der Waals surface area contributed by atoms with Crippen LogP contribution < -0.4 is 10.6 Å². The molecule has 2 aromatic rings. The highest BCUT2D eigenvalue weighted by atomic mass is 32.1. The molecule has 1 aliphatic rings. The van der Waals surface area contributed by atoms with Gasteiger partial charge in [0.25, 0.3) is 5.91 Å². The SMILES string of the molecule is N#Cc1ccc(-c2nc(C(=O)N3CCCNC3)sc2/C(C=N)=C/NCC(F)(F)F)cc1. The zero-order valence-electron chi connectivity index (χ0n) is 16.3. The summed E-state index contributed by atoms with van der Waals surface area (Å²) in [6, 6.07) is 8.49. The number of nitrogens with zero attached hydrogens (tertiary/aromatic N) is 3. The van der Waals surface area contributed by atoms with Crippen LogP contribution in [0.3, 0.4) is 0 Å². The molecule has 11 heteroatoms. The number of aromatic nitrogens is 1. The van der Waals surface area contributed by atoms with Crippen molar-refractivity contribution in [3.8, 4) is 17.3 Å². The molecule has 0 radical (unpaired) electrons. The minimum absolute atomic E-state index is 0.164. The van der Waals surface area contributed by atoms with Gasteiger partial charge >= 0.3 is 6.18 Å². The summed E-state index contributed by atoms with van der Waals surface area (Å²) in [5.74, 6) is -0.286. The molecule has 0 atom stereocenters. The molecular weight excluding hydrogens is 429 g/mol. The zero-order valence-corrected chi connectivity index (χ0v) is 17.1. The third kappa shape index (κ3) is 5.68. The average Bonchev–Trinajstić information content (AvgIpc) is 3.21. The first-order valence-corrected chi connectivity index (χ1v) is 10.2. The summed E-state index contributed by atoms with van der Waals surface area (Å²) in [5, 5.41) is 22.2. The molecule has 1 saturated heterocycles. The highest BCUT2D eigenvalue weighted by Gasteiger charge is 2.27. The van der Waals surface area contributed by atoms with Crippen LogP contribution in [-0.4, -0.2) is 54.5 Å². The van der Waals surface area contributed by atoms with Crippen molar-refractivity contribution in [3.63, 3.8) is 0 Å². The molecule has 0 spiro atoms. The number of amides is 1. The van der Waals surface area contributed by atoms with Gasteiger partial charge in [-0.3, -0.25) is 10.1 Å². The number of benzene rings is 1. The summed E-state index contributed by atoms with van der Waals surface area (Å²) in [5.41, 5.74) is 1.55. The van der Waals surface area contributed by atoms with Gasteiger partial charge in [-0.15, -0.1) is 11.3 Å². The first kappa shape index (κ1) is 22.5. The fourth-order valence-electron chi connectivity index (χ4n) is 2.95. The topological polar surface area (TPSA) is 105 Å². The number of hydrogen-bond donors (Lipinski definition) is 3. The van der Waals surface area contributed by atoms with Gasteiger partial charge in [-0.05, 0) is 25.1 Å². The molecule has 3 N–H and O–H groups in total. The van der Waals surface area contributed by atoms with Crippen molar-refractivity contribution in [2.75, 3.05) is 26.3 Å². The molecule has 162 valence electrons. The summed E-state index contributed by atoms with van der Waals surface area (Å²) in [6.07, 6.45) is -1.59. The third-order valence-electron chi connectivity index (χ3n) is 4.45.